The fourth-order valence-electron chi connectivity index (χ4n) is 4.00. The minimum Gasteiger partial charge on any atom is -0.369 e. The van der Waals surface area contributed by atoms with Crippen molar-refractivity contribution in [1.29, 1.82) is 0 Å². The average molecular weight is 457 g/mol. The van der Waals surface area contributed by atoms with Crippen LogP contribution in [0.2, 0.25) is 5.02 Å². The van der Waals surface area contributed by atoms with Crippen LogP contribution in [0.5, 0.6) is 0 Å². The highest BCUT2D eigenvalue weighted by Gasteiger charge is 2.25. The monoisotopic (exact) mass is 456 g/mol. The zero-order valence-electron chi connectivity index (χ0n) is 18.0. The third kappa shape index (κ3) is 4.95. The molecule has 4 rings (SSSR count). The van der Waals surface area contributed by atoms with Crippen LogP contribution in [0.4, 0.5) is 10.1 Å². The molecule has 0 spiro atoms. The Balaban J connectivity index is 1.28. The second kappa shape index (κ2) is 10.1. The molecule has 1 N–H and O–H groups in total. The standard InChI is InChI=1S/C24H26ClFN4O2/c1-17-21(23(28-32-17)22-19(25)9-5-10-20(22)26)24(31)27-11-6-12-29-13-15-30(16-14-29)18-7-3-2-4-8-18/h2-5,7-10H,6,11-16H2,1H3,(H,27,31). The van der Waals surface area contributed by atoms with Gasteiger partial charge in [0.2, 0.25) is 0 Å². The van der Waals surface area contributed by atoms with Crippen LogP contribution < -0.4 is 10.2 Å². The molecule has 6 nitrogen and oxygen atoms in total. The van der Waals surface area contributed by atoms with E-state index in [-0.39, 0.29) is 27.8 Å². The number of aryl methyl sites for hydroxylation is 1. The minimum absolute atomic E-state index is 0.0763. The van der Waals surface area contributed by atoms with Gasteiger partial charge < -0.3 is 14.7 Å². The van der Waals surface area contributed by atoms with Gasteiger partial charge in [-0.2, -0.15) is 0 Å². The van der Waals surface area contributed by atoms with Crippen molar-refractivity contribution in [2.75, 3.05) is 44.2 Å². The summed E-state index contributed by atoms with van der Waals surface area (Å²) >= 11 is 6.15. The van der Waals surface area contributed by atoms with Crippen molar-refractivity contribution in [3.05, 3.63) is 70.7 Å². The number of para-hydroxylation sites is 1. The number of carbonyl (C=O) groups is 1. The summed E-state index contributed by atoms with van der Waals surface area (Å²) in [4.78, 5) is 17.6. The van der Waals surface area contributed by atoms with Gasteiger partial charge >= 0.3 is 0 Å². The van der Waals surface area contributed by atoms with Gasteiger partial charge in [0.25, 0.3) is 5.91 Å². The first-order valence-electron chi connectivity index (χ1n) is 10.8. The zero-order valence-corrected chi connectivity index (χ0v) is 18.7. The molecule has 1 saturated heterocycles. The molecule has 1 amide bonds. The summed E-state index contributed by atoms with van der Waals surface area (Å²) < 4.78 is 19.5. The summed E-state index contributed by atoms with van der Waals surface area (Å²) in [6.07, 6.45) is 0.817. The first-order chi connectivity index (χ1) is 15.5. The van der Waals surface area contributed by atoms with Crippen LogP contribution in [0.3, 0.4) is 0 Å². The smallest absolute Gasteiger partial charge is 0.257 e. The van der Waals surface area contributed by atoms with E-state index in [0.717, 1.165) is 39.1 Å². The molecule has 0 radical (unpaired) electrons. The summed E-state index contributed by atoms with van der Waals surface area (Å²) in [6.45, 7) is 7.00. The lowest BCUT2D eigenvalue weighted by Crippen LogP contribution is -2.47. The Bertz CT molecular complexity index is 1040. The second-order valence-electron chi connectivity index (χ2n) is 7.83. The Morgan fingerprint density at radius 2 is 1.88 bits per heavy atom. The van der Waals surface area contributed by atoms with Crippen LogP contribution in [0.15, 0.2) is 53.1 Å². The van der Waals surface area contributed by atoms with Crippen molar-refractivity contribution in [3.8, 4) is 11.3 Å². The van der Waals surface area contributed by atoms with Crippen LogP contribution in [-0.4, -0.2) is 55.2 Å². The molecule has 1 aliphatic heterocycles. The van der Waals surface area contributed by atoms with Crippen LogP contribution >= 0.6 is 11.6 Å². The topological polar surface area (TPSA) is 61.6 Å². The minimum atomic E-state index is -0.547. The van der Waals surface area contributed by atoms with Gasteiger partial charge in [-0.3, -0.25) is 9.69 Å². The molecular weight excluding hydrogens is 431 g/mol. The summed E-state index contributed by atoms with van der Waals surface area (Å²) in [7, 11) is 0. The van der Waals surface area contributed by atoms with E-state index in [1.165, 1.54) is 17.8 Å². The normalized spacial score (nSPS) is 14.5. The molecule has 32 heavy (non-hydrogen) atoms. The molecule has 2 heterocycles. The number of nitrogens with zero attached hydrogens (tertiary/aromatic N) is 3. The van der Waals surface area contributed by atoms with Gasteiger partial charge in [-0.25, -0.2) is 4.39 Å². The fraction of sp³-hybridized carbons (Fsp3) is 0.333. The molecular formula is C24H26ClFN4O2. The van der Waals surface area contributed by atoms with Gasteiger partial charge in [0.15, 0.2) is 0 Å². The molecule has 0 saturated carbocycles. The molecule has 0 atom stereocenters. The first kappa shape index (κ1) is 22.3. The van der Waals surface area contributed by atoms with E-state index in [9.17, 15) is 9.18 Å². The summed E-state index contributed by atoms with van der Waals surface area (Å²) in [5.74, 6) is -0.560. The van der Waals surface area contributed by atoms with Crippen LogP contribution in [0, 0.1) is 12.7 Å². The Labute approximate surface area is 191 Å². The predicted molar refractivity (Wildman–Crippen MR) is 124 cm³/mol. The van der Waals surface area contributed by atoms with E-state index in [2.05, 4.69) is 44.5 Å². The molecule has 0 aliphatic carbocycles. The maximum absolute atomic E-state index is 14.3. The lowest BCUT2D eigenvalue weighted by molar-refractivity contribution is 0.0950. The number of rotatable bonds is 7. The van der Waals surface area contributed by atoms with E-state index in [1.54, 1.807) is 13.0 Å². The average Bonchev–Trinajstić information content (AvgIpc) is 3.18. The highest BCUT2D eigenvalue weighted by molar-refractivity contribution is 6.33. The van der Waals surface area contributed by atoms with E-state index in [4.69, 9.17) is 16.1 Å². The van der Waals surface area contributed by atoms with Crippen LogP contribution in [0.1, 0.15) is 22.5 Å². The highest BCUT2D eigenvalue weighted by atomic mass is 35.5. The molecule has 1 aliphatic rings. The molecule has 1 aromatic heterocycles. The largest absolute Gasteiger partial charge is 0.369 e. The Kier molecular flexibility index (Phi) is 7.07. The van der Waals surface area contributed by atoms with Crippen molar-refractivity contribution < 1.29 is 13.7 Å². The molecule has 8 heteroatoms. The lowest BCUT2D eigenvalue weighted by Gasteiger charge is -2.36. The van der Waals surface area contributed by atoms with Crippen molar-refractivity contribution in [1.82, 2.24) is 15.4 Å². The lowest BCUT2D eigenvalue weighted by atomic mass is 10.0. The Morgan fingerprint density at radius 1 is 1.12 bits per heavy atom. The summed E-state index contributed by atoms with van der Waals surface area (Å²) in [5.41, 5.74) is 1.68. The van der Waals surface area contributed by atoms with E-state index in [0.29, 0.717) is 12.3 Å². The van der Waals surface area contributed by atoms with E-state index in [1.807, 2.05) is 6.07 Å². The quantitative estimate of drug-likeness (QED) is 0.534. The van der Waals surface area contributed by atoms with E-state index < -0.39 is 5.82 Å². The predicted octanol–water partition coefficient (Wildman–Crippen LogP) is 4.38. The van der Waals surface area contributed by atoms with Crippen molar-refractivity contribution in [2.45, 2.75) is 13.3 Å². The Morgan fingerprint density at radius 3 is 2.59 bits per heavy atom. The number of nitrogens with one attached hydrogen (secondary N) is 1. The number of carbonyl (C=O) groups excluding carboxylic acids is 1. The second-order valence-corrected chi connectivity index (χ2v) is 8.24. The SMILES string of the molecule is Cc1onc(-c2c(F)cccc2Cl)c1C(=O)NCCCN1CCN(c2ccccc2)CC1. The number of anilines is 1. The number of hydrogen-bond donors (Lipinski definition) is 1. The van der Waals surface area contributed by atoms with Crippen molar-refractivity contribution >= 4 is 23.2 Å². The molecule has 2 aromatic carbocycles. The van der Waals surface area contributed by atoms with Gasteiger partial charge in [-0.1, -0.05) is 41.0 Å². The van der Waals surface area contributed by atoms with Gasteiger partial charge in [0, 0.05) is 38.4 Å². The van der Waals surface area contributed by atoms with Gasteiger partial charge in [-0.15, -0.1) is 0 Å². The molecule has 0 bridgehead atoms. The number of hydrogen-bond acceptors (Lipinski definition) is 5. The zero-order chi connectivity index (χ0) is 22.5. The molecule has 168 valence electrons. The van der Waals surface area contributed by atoms with Gasteiger partial charge in [-0.05, 0) is 44.2 Å². The maximum Gasteiger partial charge on any atom is 0.257 e. The van der Waals surface area contributed by atoms with Gasteiger partial charge in [0.05, 0.1) is 10.6 Å². The van der Waals surface area contributed by atoms with Gasteiger partial charge in [0.1, 0.15) is 22.8 Å². The van der Waals surface area contributed by atoms with Crippen molar-refractivity contribution in [2.24, 2.45) is 0 Å². The Hall–Kier alpha value is -2.90. The highest BCUT2D eigenvalue weighted by Crippen LogP contribution is 2.33. The molecule has 3 aromatic rings. The third-order valence-electron chi connectivity index (χ3n) is 5.72. The number of amides is 1. The summed E-state index contributed by atoms with van der Waals surface area (Å²) in [6, 6.07) is 14.8. The number of aromatic nitrogens is 1. The fourth-order valence-corrected chi connectivity index (χ4v) is 4.25. The van der Waals surface area contributed by atoms with Crippen molar-refractivity contribution in [3.63, 3.8) is 0 Å². The maximum atomic E-state index is 14.3. The molecule has 0 unspecified atom stereocenters. The molecule has 1 fully saturated rings. The van der Waals surface area contributed by atoms with Crippen LogP contribution in [-0.2, 0) is 0 Å². The van der Waals surface area contributed by atoms with E-state index >= 15 is 0 Å². The first-order valence-corrected chi connectivity index (χ1v) is 11.1. The van der Waals surface area contributed by atoms with Crippen LogP contribution in [0.25, 0.3) is 11.3 Å². The number of benzene rings is 2. The number of halogens is 2. The summed E-state index contributed by atoms with van der Waals surface area (Å²) in [5, 5.41) is 6.98. The third-order valence-corrected chi connectivity index (χ3v) is 6.03. The number of piperazine rings is 1.